The third kappa shape index (κ3) is 2.98. The summed E-state index contributed by atoms with van der Waals surface area (Å²) in [5, 5.41) is 11.6. The molecule has 0 unspecified atom stereocenters. The summed E-state index contributed by atoms with van der Waals surface area (Å²) < 4.78 is 0. The summed E-state index contributed by atoms with van der Waals surface area (Å²) in [6.07, 6.45) is 2.93. The van der Waals surface area contributed by atoms with Crippen molar-refractivity contribution in [2.45, 2.75) is 26.8 Å². The summed E-state index contributed by atoms with van der Waals surface area (Å²) in [4.78, 5) is 6.50. The first kappa shape index (κ1) is 12.8. The van der Waals surface area contributed by atoms with Gasteiger partial charge in [-0.25, -0.2) is 0 Å². The lowest BCUT2D eigenvalue weighted by atomic mass is 9.93. The highest BCUT2D eigenvalue weighted by molar-refractivity contribution is 5.95. The fraction of sp³-hybridized carbons (Fsp3) is 0.538. The van der Waals surface area contributed by atoms with Gasteiger partial charge in [-0.15, -0.1) is 0 Å². The van der Waals surface area contributed by atoms with Gasteiger partial charge in [-0.05, 0) is 36.1 Å². The van der Waals surface area contributed by atoms with E-state index in [9.17, 15) is 0 Å². The number of hydrogen-bond acceptors (Lipinski definition) is 4. The second-order valence-electron chi connectivity index (χ2n) is 5.66. The van der Waals surface area contributed by atoms with Crippen molar-refractivity contribution in [1.82, 2.24) is 9.88 Å². The van der Waals surface area contributed by atoms with E-state index in [1.54, 1.807) is 6.20 Å². The molecule has 1 aliphatic heterocycles. The predicted molar refractivity (Wildman–Crippen MR) is 70.4 cm³/mol. The molecule has 0 atom stereocenters. The van der Waals surface area contributed by atoms with Crippen LogP contribution in [0.15, 0.2) is 23.5 Å². The zero-order chi connectivity index (χ0) is 13.2. The molecule has 3 N–H and O–H groups in total. The highest BCUT2D eigenvalue weighted by atomic mass is 16.4. The summed E-state index contributed by atoms with van der Waals surface area (Å²) in [6.45, 7) is 7.70. The van der Waals surface area contributed by atoms with Crippen molar-refractivity contribution >= 4 is 5.84 Å². The molecular formula is C13H20N4O. The topological polar surface area (TPSA) is 74.7 Å². The van der Waals surface area contributed by atoms with Crippen molar-refractivity contribution in [2.75, 3.05) is 13.1 Å². The average molecular weight is 248 g/mol. The number of rotatable bonds is 3. The van der Waals surface area contributed by atoms with Crippen LogP contribution in [0.1, 0.15) is 31.5 Å². The van der Waals surface area contributed by atoms with Gasteiger partial charge >= 0.3 is 0 Å². The summed E-state index contributed by atoms with van der Waals surface area (Å²) in [5.74, 6) is 0.0543. The minimum atomic E-state index is 0.0543. The molecule has 1 aromatic rings. The summed E-state index contributed by atoms with van der Waals surface area (Å²) in [6, 6.07) is 3.85. The lowest BCUT2D eigenvalue weighted by molar-refractivity contribution is 0.284. The number of likely N-dealkylation sites (tertiary alicyclic amines) is 1. The molecule has 1 fully saturated rings. The Hall–Kier alpha value is -1.62. The minimum absolute atomic E-state index is 0.0543. The van der Waals surface area contributed by atoms with E-state index < -0.39 is 0 Å². The van der Waals surface area contributed by atoms with Crippen molar-refractivity contribution in [2.24, 2.45) is 16.3 Å². The third-order valence-corrected chi connectivity index (χ3v) is 3.36. The van der Waals surface area contributed by atoms with Crippen molar-refractivity contribution in [3.8, 4) is 0 Å². The fourth-order valence-corrected chi connectivity index (χ4v) is 2.38. The summed E-state index contributed by atoms with van der Waals surface area (Å²) in [5.41, 5.74) is 7.61. The Morgan fingerprint density at radius 2 is 2.39 bits per heavy atom. The van der Waals surface area contributed by atoms with Gasteiger partial charge in [0.05, 0.1) is 0 Å². The number of hydrogen-bond donors (Lipinski definition) is 2. The molecule has 0 radical (unpaired) electrons. The van der Waals surface area contributed by atoms with Crippen LogP contribution in [0.3, 0.4) is 0 Å². The van der Waals surface area contributed by atoms with Crippen LogP contribution in [0.5, 0.6) is 0 Å². The molecule has 1 aromatic heterocycles. The van der Waals surface area contributed by atoms with E-state index in [-0.39, 0.29) is 5.84 Å². The first-order valence-corrected chi connectivity index (χ1v) is 6.15. The zero-order valence-corrected chi connectivity index (χ0v) is 10.9. The Balaban J connectivity index is 2.06. The largest absolute Gasteiger partial charge is 0.409 e. The van der Waals surface area contributed by atoms with E-state index in [4.69, 9.17) is 10.9 Å². The molecule has 5 nitrogen and oxygen atoms in total. The standard InChI is InChI=1S/C13H20N4O/c1-13(2)4-6-17(9-13)8-10-3-5-15-11(7-10)12(14)16-18/h3,5,7,18H,4,6,8-9H2,1-2H3,(H2,14,16). The van der Waals surface area contributed by atoms with Gasteiger partial charge in [0, 0.05) is 19.3 Å². The highest BCUT2D eigenvalue weighted by Crippen LogP contribution is 2.29. The van der Waals surface area contributed by atoms with Gasteiger partial charge in [-0.3, -0.25) is 9.88 Å². The number of aromatic nitrogens is 1. The number of oxime groups is 1. The fourth-order valence-electron chi connectivity index (χ4n) is 2.38. The second kappa shape index (κ2) is 4.94. The number of nitrogens with zero attached hydrogens (tertiary/aromatic N) is 3. The van der Waals surface area contributed by atoms with Gasteiger partial charge in [-0.2, -0.15) is 0 Å². The van der Waals surface area contributed by atoms with Crippen molar-refractivity contribution in [3.63, 3.8) is 0 Å². The molecule has 0 aliphatic carbocycles. The van der Waals surface area contributed by atoms with Gasteiger partial charge in [0.2, 0.25) is 0 Å². The van der Waals surface area contributed by atoms with Gasteiger partial charge < -0.3 is 10.9 Å². The van der Waals surface area contributed by atoms with E-state index in [1.807, 2.05) is 12.1 Å². The molecular weight excluding hydrogens is 228 g/mol. The first-order valence-electron chi connectivity index (χ1n) is 6.15. The Labute approximate surface area is 107 Å². The molecule has 0 amide bonds. The van der Waals surface area contributed by atoms with E-state index in [0.29, 0.717) is 11.1 Å². The molecule has 2 heterocycles. The smallest absolute Gasteiger partial charge is 0.188 e. The summed E-state index contributed by atoms with van der Waals surface area (Å²) in [7, 11) is 0. The molecule has 1 saturated heterocycles. The van der Waals surface area contributed by atoms with E-state index in [1.165, 1.54) is 6.42 Å². The SMILES string of the molecule is CC1(C)CCN(Cc2ccnc(C(N)=NO)c2)C1. The third-order valence-electron chi connectivity index (χ3n) is 3.36. The number of nitrogens with two attached hydrogens (primary N) is 1. The normalized spacial score (nSPS) is 20.2. The molecule has 0 saturated carbocycles. The Kier molecular flexibility index (Phi) is 3.52. The first-order chi connectivity index (χ1) is 8.50. The molecule has 0 bridgehead atoms. The number of amidine groups is 1. The average Bonchev–Trinajstić information content (AvgIpc) is 2.68. The van der Waals surface area contributed by atoms with Crippen LogP contribution in [0.2, 0.25) is 0 Å². The second-order valence-corrected chi connectivity index (χ2v) is 5.66. The van der Waals surface area contributed by atoms with Crippen molar-refractivity contribution in [1.29, 1.82) is 0 Å². The van der Waals surface area contributed by atoms with Gasteiger partial charge in [-0.1, -0.05) is 19.0 Å². The molecule has 2 rings (SSSR count). The Morgan fingerprint density at radius 1 is 1.61 bits per heavy atom. The van der Waals surface area contributed by atoms with Gasteiger partial charge in [0.15, 0.2) is 5.84 Å². The van der Waals surface area contributed by atoms with E-state index >= 15 is 0 Å². The highest BCUT2D eigenvalue weighted by Gasteiger charge is 2.28. The monoisotopic (exact) mass is 248 g/mol. The van der Waals surface area contributed by atoms with Crippen LogP contribution in [-0.4, -0.2) is 34.0 Å². The van der Waals surface area contributed by atoms with E-state index in [0.717, 1.165) is 25.2 Å². The molecule has 98 valence electrons. The van der Waals surface area contributed by atoms with Crippen LogP contribution in [-0.2, 0) is 6.54 Å². The van der Waals surface area contributed by atoms with Crippen LogP contribution in [0.25, 0.3) is 0 Å². The number of pyridine rings is 1. The quantitative estimate of drug-likeness (QED) is 0.367. The van der Waals surface area contributed by atoms with Crippen molar-refractivity contribution in [3.05, 3.63) is 29.6 Å². The maximum atomic E-state index is 8.64. The van der Waals surface area contributed by atoms with Crippen LogP contribution < -0.4 is 5.73 Å². The molecule has 18 heavy (non-hydrogen) atoms. The zero-order valence-electron chi connectivity index (χ0n) is 10.9. The lowest BCUT2D eigenvalue weighted by Gasteiger charge is -2.19. The maximum Gasteiger partial charge on any atom is 0.188 e. The van der Waals surface area contributed by atoms with Gasteiger partial charge in [0.25, 0.3) is 0 Å². The molecule has 5 heteroatoms. The molecule has 1 aliphatic rings. The predicted octanol–water partition coefficient (Wildman–Crippen LogP) is 1.41. The molecule has 0 spiro atoms. The maximum absolute atomic E-state index is 8.64. The Bertz CT molecular complexity index is 456. The summed E-state index contributed by atoms with van der Waals surface area (Å²) >= 11 is 0. The van der Waals surface area contributed by atoms with Crippen molar-refractivity contribution < 1.29 is 5.21 Å². The van der Waals surface area contributed by atoms with Crippen LogP contribution in [0.4, 0.5) is 0 Å². The van der Waals surface area contributed by atoms with Crippen LogP contribution in [0, 0.1) is 5.41 Å². The van der Waals surface area contributed by atoms with E-state index in [2.05, 4.69) is 28.9 Å². The Morgan fingerprint density at radius 3 is 3.00 bits per heavy atom. The van der Waals surface area contributed by atoms with Gasteiger partial charge in [0.1, 0.15) is 5.69 Å². The lowest BCUT2D eigenvalue weighted by Crippen LogP contribution is -2.23. The van der Waals surface area contributed by atoms with Crippen LogP contribution >= 0.6 is 0 Å². The molecule has 0 aromatic carbocycles. The minimum Gasteiger partial charge on any atom is -0.409 e.